The standard InChI is InChI=1S/C30H40N4O3/c1-6-34-20-27(31-32-34)14-15-28(23(5)30(35)36-7-2)24-13-12-21(3)26(16-24)19-33-17-22(4)37-29-11-9-8-10-25(29)18-33/h8-13,16,20,22-23,28H,6-7,14-15,17-19H2,1-5H3/t22-,23?,28?/m1/s1. The molecule has 7 heteroatoms. The summed E-state index contributed by atoms with van der Waals surface area (Å²) in [6.07, 6.45) is 3.66. The highest BCUT2D eigenvalue weighted by Gasteiger charge is 2.28. The molecule has 0 saturated heterocycles. The van der Waals surface area contributed by atoms with Crippen LogP contribution in [-0.2, 0) is 35.6 Å². The van der Waals surface area contributed by atoms with Crippen molar-refractivity contribution < 1.29 is 14.3 Å². The van der Waals surface area contributed by atoms with Crippen molar-refractivity contribution in [1.82, 2.24) is 19.9 Å². The first-order valence-corrected chi connectivity index (χ1v) is 13.5. The predicted molar refractivity (Wildman–Crippen MR) is 144 cm³/mol. The quantitative estimate of drug-likeness (QED) is 0.349. The zero-order chi connectivity index (χ0) is 26.4. The van der Waals surface area contributed by atoms with Crippen LogP contribution in [-0.4, -0.2) is 45.1 Å². The van der Waals surface area contributed by atoms with Gasteiger partial charge in [0, 0.05) is 37.9 Å². The molecular weight excluding hydrogens is 464 g/mol. The Hall–Kier alpha value is -3.19. The van der Waals surface area contributed by atoms with Gasteiger partial charge in [-0.25, -0.2) is 0 Å². The number of para-hydroxylation sites is 1. The second-order valence-electron chi connectivity index (χ2n) is 10.1. The number of hydrogen-bond acceptors (Lipinski definition) is 6. The second kappa shape index (κ2) is 12.4. The highest BCUT2D eigenvalue weighted by molar-refractivity contribution is 5.73. The molecule has 0 N–H and O–H groups in total. The molecule has 3 aromatic rings. The van der Waals surface area contributed by atoms with Crippen molar-refractivity contribution in [2.45, 2.75) is 79.1 Å². The number of hydrogen-bond donors (Lipinski definition) is 0. The summed E-state index contributed by atoms with van der Waals surface area (Å²) in [5.41, 5.74) is 5.87. The van der Waals surface area contributed by atoms with Crippen LogP contribution in [0.2, 0.25) is 0 Å². The first-order valence-electron chi connectivity index (χ1n) is 13.5. The van der Waals surface area contributed by atoms with E-state index in [0.717, 1.165) is 50.5 Å². The average molecular weight is 505 g/mol. The molecule has 0 fully saturated rings. The number of carbonyl (C=O) groups excluding carboxylic acids is 1. The van der Waals surface area contributed by atoms with Gasteiger partial charge in [-0.05, 0) is 69.2 Å². The van der Waals surface area contributed by atoms with Gasteiger partial charge in [0.1, 0.15) is 11.9 Å². The maximum absolute atomic E-state index is 12.8. The van der Waals surface area contributed by atoms with Gasteiger partial charge in [-0.1, -0.05) is 48.5 Å². The molecule has 0 saturated carbocycles. The lowest BCUT2D eigenvalue weighted by molar-refractivity contribution is -0.148. The smallest absolute Gasteiger partial charge is 0.309 e. The number of fused-ring (bicyclic) bond motifs is 1. The molecule has 3 atom stereocenters. The van der Waals surface area contributed by atoms with Crippen LogP contribution in [0.15, 0.2) is 48.7 Å². The van der Waals surface area contributed by atoms with Crippen LogP contribution in [0.5, 0.6) is 5.75 Å². The Kier molecular flexibility index (Phi) is 8.98. The third-order valence-electron chi connectivity index (χ3n) is 7.29. The molecule has 1 aliphatic heterocycles. The monoisotopic (exact) mass is 504 g/mol. The van der Waals surface area contributed by atoms with Crippen molar-refractivity contribution in [3.63, 3.8) is 0 Å². The number of rotatable bonds is 10. The lowest BCUT2D eigenvalue weighted by Crippen LogP contribution is -2.31. The number of aromatic nitrogens is 3. The van der Waals surface area contributed by atoms with E-state index in [1.165, 1.54) is 22.3 Å². The van der Waals surface area contributed by atoms with Gasteiger partial charge in [-0.3, -0.25) is 14.4 Å². The predicted octanol–water partition coefficient (Wildman–Crippen LogP) is 5.31. The molecule has 0 spiro atoms. The van der Waals surface area contributed by atoms with Crippen LogP contribution in [0.25, 0.3) is 0 Å². The first-order chi connectivity index (χ1) is 17.9. The molecule has 2 heterocycles. The third kappa shape index (κ3) is 6.77. The molecule has 0 radical (unpaired) electrons. The number of nitrogens with zero attached hydrogens (tertiary/aromatic N) is 4. The summed E-state index contributed by atoms with van der Waals surface area (Å²) in [4.78, 5) is 15.3. The summed E-state index contributed by atoms with van der Waals surface area (Å²) in [6.45, 7) is 13.9. The van der Waals surface area contributed by atoms with Crippen LogP contribution in [0, 0.1) is 12.8 Å². The topological polar surface area (TPSA) is 69.5 Å². The Morgan fingerprint density at radius 1 is 1.22 bits per heavy atom. The number of esters is 1. The maximum atomic E-state index is 12.8. The molecule has 1 aromatic heterocycles. The van der Waals surface area contributed by atoms with E-state index >= 15 is 0 Å². The fourth-order valence-electron chi connectivity index (χ4n) is 5.18. The molecular formula is C30H40N4O3. The molecule has 2 aromatic carbocycles. The molecule has 2 unspecified atom stereocenters. The van der Waals surface area contributed by atoms with E-state index in [9.17, 15) is 4.79 Å². The molecule has 0 aliphatic carbocycles. The third-order valence-corrected chi connectivity index (χ3v) is 7.29. The summed E-state index contributed by atoms with van der Waals surface area (Å²) in [6, 6.07) is 15.0. The number of aryl methyl sites for hydroxylation is 3. The summed E-state index contributed by atoms with van der Waals surface area (Å²) in [5.74, 6) is 0.598. The van der Waals surface area contributed by atoms with Crippen molar-refractivity contribution in [3.05, 3.63) is 76.6 Å². The van der Waals surface area contributed by atoms with E-state index in [1.54, 1.807) is 0 Å². The van der Waals surface area contributed by atoms with E-state index < -0.39 is 0 Å². The lowest BCUT2D eigenvalue weighted by Gasteiger charge is -2.26. The van der Waals surface area contributed by atoms with Gasteiger partial charge in [0.2, 0.25) is 0 Å². The Labute approximate surface area is 220 Å². The van der Waals surface area contributed by atoms with Gasteiger partial charge in [0.15, 0.2) is 0 Å². The highest BCUT2D eigenvalue weighted by atomic mass is 16.5. The molecule has 1 aliphatic rings. The van der Waals surface area contributed by atoms with Gasteiger partial charge < -0.3 is 9.47 Å². The van der Waals surface area contributed by atoms with Gasteiger partial charge in [-0.15, -0.1) is 5.10 Å². The Balaban J connectivity index is 1.57. The molecule has 7 nitrogen and oxygen atoms in total. The van der Waals surface area contributed by atoms with Crippen molar-refractivity contribution in [2.24, 2.45) is 5.92 Å². The van der Waals surface area contributed by atoms with Gasteiger partial charge >= 0.3 is 5.97 Å². The largest absolute Gasteiger partial charge is 0.489 e. The van der Waals surface area contributed by atoms with E-state index in [0.29, 0.717) is 6.61 Å². The number of benzene rings is 2. The summed E-state index contributed by atoms with van der Waals surface area (Å²) in [5, 5.41) is 8.49. The van der Waals surface area contributed by atoms with E-state index in [-0.39, 0.29) is 23.9 Å². The minimum absolute atomic E-state index is 0.0253. The van der Waals surface area contributed by atoms with Crippen LogP contribution < -0.4 is 4.74 Å². The Bertz CT molecular complexity index is 1190. The molecule has 4 rings (SSSR count). The van der Waals surface area contributed by atoms with Gasteiger partial charge in [-0.2, -0.15) is 0 Å². The van der Waals surface area contributed by atoms with E-state index in [4.69, 9.17) is 9.47 Å². The van der Waals surface area contributed by atoms with E-state index in [2.05, 4.69) is 65.5 Å². The van der Waals surface area contributed by atoms with Crippen LogP contribution in [0.3, 0.4) is 0 Å². The van der Waals surface area contributed by atoms with Crippen LogP contribution in [0.4, 0.5) is 0 Å². The van der Waals surface area contributed by atoms with Crippen molar-refractivity contribution >= 4 is 5.97 Å². The van der Waals surface area contributed by atoms with Gasteiger partial charge in [0.25, 0.3) is 0 Å². The zero-order valence-corrected chi connectivity index (χ0v) is 22.8. The molecule has 0 amide bonds. The highest BCUT2D eigenvalue weighted by Crippen LogP contribution is 2.33. The lowest BCUT2D eigenvalue weighted by atomic mass is 9.82. The van der Waals surface area contributed by atoms with Crippen molar-refractivity contribution in [2.75, 3.05) is 13.2 Å². The summed E-state index contributed by atoms with van der Waals surface area (Å²) in [7, 11) is 0. The maximum Gasteiger partial charge on any atom is 0.309 e. The minimum Gasteiger partial charge on any atom is -0.489 e. The Morgan fingerprint density at radius 3 is 2.78 bits per heavy atom. The van der Waals surface area contributed by atoms with Crippen LogP contribution in [0.1, 0.15) is 68.0 Å². The summed E-state index contributed by atoms with van der Waals surface area (Å²) < 4.78 is 13.4. The first kappa shape index (κ1) is 26.9. The van der Waals surface area contributed by atoms with Crippen LogP contribution >= 0.6 is 0 Å². The van der Waals surface area contributed by atoms with Gasteiger partial charge in [0.05, 0.1) is 18.2 Å². The average Bonchev–Trinajstić information content (AvgIpc) is 3.28. The zero-order valence-electron chi connectivity index (χ0n) is 22.8. The molecule has 198 valence electrons. The van der Waals surface area contributed by atoms with E-state index in [1.807, 2.05) is 37.7 Å². The fourth-order valence-corrected chi connectivity index (χ4v) is 5.18. The SMILES string of the molecule is CCOC(=O)C(C)C(CCc1cn(CC)nn1)c1ccc(C)c(CN2Cc3ccccc3O[C@H](C)C2)c1. The van der Waals surface area contributed by atoms with Crippen molar-refractivity contribution in [1.29, 1.82) is 0 Å². The minimum atomic E-state index is -0.254. The Morgan fingerprint density at radius 2 is 2.03 bits per heavy atom. The molecule has 0 bridgehead atoms. The number of ether oxygens (including phenoxy) is 2. The van der Waals surface area contributed by atoms with Crippen molar-refractivity contribution in [3.8, 4) is 5.75 Å². The second-order valence-corrected chi connectivity index (χ2v) is 10.1. The molecule has 37 heavy (non-hydrogen) atoms. The normalized spacial score (nSPS) is 17.4. The number of carbonyl (C=O) groups is 1. The fraction of sp³-hybridized carbons (Fsp3) is 0.500. The summed E-state index contributed by atoms with van der Waals surface area (Å²) >= 11 is 0.